The predicted octanol–water partition coefficient (Wildman–Crippen LogP) is 3.64. The lowest BCUT2D eigenvalue weighted by molar-refractivity contribution is 0.415. The van der Waals surface area contributed by atoms with Crippen LogP contribution in [0.2, 0.25) is 0 Å². The van der Waals surface area contributed by atoms with Gasteiger partial charge in [-0.25, -0.2) is 0 Å². The predicted molar refractivity (Wildman–Crippen MR) is 76.6 cm³/mol. The lowest BCUT2D eigenvalue weighted by Gasteiger charge is -2.13. The van der Waals surface area contributed by atoms with Crippen LogP contribution in [0.25, 0.3) is 0 Å². The van der Waals surface area contributed by atoms with Gasteiger partial charge in [-0.15, -0.1) is 0 Å². The van der Waals surface area contributed by atoms with Crippen LogP contribution >= 0.6 is 0 Å². The van der Waals surface area contributed by atoms with E-state index in [0.717, 1.165) is 17.1 Å². The summed E-state index contributed by atoms with van der Waals surface area (Å²) >= 11 is 0. The zero-order chi connectivity index (χ0) is 13.1. The Hall–Kier alpha value is -2.16. The molecule has 0 heterocycles. The Labute approximate surface area is 108 Å². The molecule has 0 aliphatic heterocycles. The first kappa shape index (κ1) is 12.3. The van der Waals surface area contributed by atoms with Gasteiger partial charge in [-0.05, 0) is 37.1 Å². The van der Waals surface area contributed by atoms with Gasteiger partial charge in [0.25, 0.3) is 0 Å². The van der Waals surface area contributed by atoms with Crippen molar-refractivity contribution in [3.8, 4) is 5.75 Å². The summed E-state index contributed by atoms with van der Waals surface area (Å²) in [7, 11) is 1.64. The number of nitrogens with two attached hydrogens (primary N) is 1. The largest absolute Gasteiger partial charge is 0.497 e. The summed E-state index contributed by atoms with van der Waals surface area (Å²) in [6.07, 6.45) is 0. The molecule has 0 atom stereocenters. The molecule has 0 amide bonds. The molecule has 0 saturated carbocycles. The molecule has 0 aliphatic rings. The summed E-state index contributed by atoms with van der Waals surface area (Å²) in [6, 6.07) is 11.8. The molecule has 0 aliphatic carbocycles. The van der Waals surface area contributed by atoms with Crippen LogP contribution in [0.15, 0.2) is 36.4 Å². The lowest BCUT2D eigenvalue weighted by atomic mass is 10.1. The second-order valence-electron chi connectivity index (χ2n) is 4.37. The van der Waals surface area contributed by atoms with Crippen molar-refractivity contribution in [3.05, 3.63) is 47.5 Å². The average Bonchev–Trinajstić information content (AvgIpc) is 2.34. The standard InChI is InChI=1S/C15H18N2O/c1-10-5-4-6-15(11(10)2)17-13-7-12(16)8-14(9-13)18-3/h4-9,17H,16H2,1-3H3. The molecule has 0 spiro atoms. The zero-order valence-corrected chi connectivity index (χ0v) is 10.9. The van der Waals surface area contributed by atoms with E-state index in [1.165, 1.54) is 11.1 Å². The van der Waals surface area contributed by atoms with Gasteiger partial charge in [-0.3, -0.25) is 0 Å². The van der Waals surface area contributed by atoms with Gasteiger partial charge in [0.15, 0.2) is 0 Å². The molecule has 94 valence electrons. The van der Waals surface area contributed by atoms with Crippen molar-refractivity contribution in [3.63, 3.8) is 0 Å². The van der Waals surface area contributed by atoms with Gasteiger partial charge >= 0.3 is 0 Å². The second-order valence-corrected chi connectivity index (χ2v) is 4.37. The Kier molecular flexibility index (Phi) is 3.42. The second kappa shape index (κ2) is 5.00. The number of benzene rings is 2. The third kappa shape index (κ3) is 2.56. The van der Waals surface area contributed by atoms with E-state index >= 15 is 0 Å². The molecule has 2 aromatic rings. The van der Waals surface area contributed by atoms with E-state index in [2.05, 4.69) is 31.3 Å². The molecule has 0 bridgehead atoms. The summed E-state index contributed by atoms with van der Waals surface area (Å²) < 4.78 is 5.21. The van der Waals surface area contributed by atoms with Crippen molar-refractivity contribution in [2.45, 2.75) is 13.8 Å². The number of rotatable bonds is 3. The first-order valence-electron chi connectivity index (χ1n) is 5.88. The Morgan fingerprint density at radius 3 is 2.61 bits per heavy atom. The first-order chi connectivity index (χ1) is 8.60. The maximum Gasteiger partial charge on any atom is 0.122 e. The van der Waals surface area contributed by atoms with E-state index in [1.807, 2.05) is 18.2 Å². The first-order valence-corrected chi connectivity index (χ1v) is 5.88. The highest BCUT2D eigenvalue weighted by Crippen LogP contribution is 2.27. The number of ether oxygens (including phenoxy) is 1. The van der Waals surface area contributed by atoms with Gasteiger partial charge in [-0.1, -0.05) is 12.1 Å². The molecular weight excluding hydrogens is 224 g/mol. The number of anilines is 3. The minimum Gasteiger partial charge on any atom is -0.497 e. The molecule has 0 aromatic heterocycles. The van der Waals surface area contributed by atoms with Gasteiger partial charge in [0.05, 0.1) is 7.11 Å². The highest BCUT2D eigenvalue weighted by Gasteiger charge is 2.03. The maximum atomic E-state index is 5.84. The van der Waals surface area contributed by atoms with Crippen molar-refractivity contribution in [1.29, 1.82) is 0 Å². The third-order valence-electron chi connectivity index (χ3n) is 3.05. The van der Waals surface area contributed by atoms with Crippen LogP contribution < -0.4 is 15.8 Å². The van der Waals surface area contributed by atoms with Crippen LogP contribution in [0, 0.1) is 13.8 Å². The monoisotopic (exact) mass is 242 g/mol. The van der Waals surface area contributed by atoms with E-state index < -0.39 is 0 Å². The summed E-state index contributed by atoms with van der Waals surface area (Å²) in [5.74, 6) is 0.753. The van der Waals surface area contributed by atoms with Crippen LogP contribution in [0.3, 0.4) is 0 Å². The average molecular weight is 242 g/mol. The van der Waals surface area contributed by atoms with Crippen LogP contribution in [0.1, 0.15) is 11.1 Å². The number of nitrogens with one attached hydrogen (secondary N) is 1. The molecule has 3 heteroatoms. The third-order valence-corrected chi connectivity index (χ3v) is 3.05. The Morgan fingerprint density at radius 2 is 1.89 bits per heavy atom. The van der Waals surface area contributed by atoms with Crippen molar-refractivity contribution in [2.24, 2.45) is 0 Å². The van der Waals surface area contributed by atoms with Crippen molar-refractivity contribution in [1.82, 2.24) is 0 Å². The van der Waals surface area contributed by atoms with Crippen LogP contribution in [0.5, 0.6) is 5.75 Å². The van der Waals surface area contributed by atoms with Gasteiger partial charge in [0.1, 0.15) is 5.75 Å². The number of aryl methyl sites for hydroxylation is 1. The lowest BCUT2D eigenvalue weighted by Crippen LogP contribution is -1.97. The number of hydrogen-bond donors (Lipinski definition) is 2. The molecule has 0 radical (unpaired) electrons. The van der Waals surface area contributed by atoms with E-state index in [9.17, 15) is 0 Å². The molecule has 18 heavy (non-hydrogen) atoms. The fraction of sp³-hybridized carbons (Fsp3) is 0.200. The van der Waals surface area contributed by atoms with Gasteiger partial charge in [0.2, 0.25) is 0 Å². The maximum absolute atomic E-state index is 5.84. The van der Waals surface area contributed by atoms with Crippen molar-refractivity contribution < 1.29 is 4.74 Å². The van der Waals surface area contributed by atoms with Crippen LogP contribution in [-0.2, 0) is 0 Å². The molecule has 0 fully saturated rings. The fourth-order valence-corrected chi connectivity index (χ4v) is 1.85. The van der Waals surface area contributed by atoms with Crippen LogP contribution in [0.4, 0.5) is 17.1 Å². The molecule has 3 nitrogen and oxygen atoms in total. The van der Waals surface area contributed by atoms with Gasteiger partial charge in [0, 0.05) is 29.2 Å². The number of nitrogen functional groups attached to an aromatic ring is 1. The van der Waals surface area contributed by atoms with Crippen molar-refractivity contribution in [2.75, 3.05) is 18.2 Å². The molecule has 2 rings (SSSR count). The minimum atomic E-state index is 0.683. The van der Waals surface area contributed by atoms with Gasteiger partial charge < -0.3 is 15.8 Å². The fourth-order valence-electron chi connectivity index (χ4n) is 1.85. The Balaban J connectivity index is 2.34. The summed E-state index contributed by atoms with van der Waals surface area (Å²) in [5.41, 5.74) is 11.0. The van der Waals surface area contributed by atoms with E-state index in [1.54, 1.807) is 13.2 Å². The topological polar surface area (TPSA) is 47.3 Å². The Morgan fingerprint density at radius 1 is 1.11 bits per heavy atom. The van der Waals surface area contributed by atoms with Gasteiger partial charge in [-0.2, -0.15) is 0 Å². The summed E-state index contributed by atoms with van der Waals surface area (Å²) in [4.78, 5) is 0. The molecule has 0 unspecified atom stereocenters. The SMILES string of the molecule is COc1cc(N)cc(Nc2cccc(C)c2C)c1. The minimum absolute atomic E-state index is 0.683. The van der Waals surface area contributed by atoms with E-state index in [0.29, 0.717) is 5.69 Å². The van der Waals surface area contributed by atoms with Crippen molar-refractivity contribution >= 4 is 17.1 Å². The molecule has 3 N–H and O–H groups in total. The molecule has 2 aromatic carbocycles. The van der Waals surface area contributed by atoms with Crippen LogP contribution in [-0.4, -0.2) is 7.11 Å². The highest BCUT2D eigenvalue weighted by atomic mass is 16.5. The molecule has 0 saturated heterocycles. The zero-order valence-electron chi connectivity index (χ0n) is 10.9. The number of hydrogen-bond acceptors (Lipinski definition) is 3. The Bertz CT molecular complexity index is 564. The smallest absolute Gasteiger partial charge is 0.122 e. The quantitative estimate of drug-likeness (QED) is 0.808. The van der Waals surface area contributed by atoms with E-state index in [-0.39, 0.29) is 0 Å². The van der Waals surface area contributed by atoms with E-state index in [4.69, 9.17) is 10.5 Å². The summed E-state index contributed by atoms with van der Waals surface area (Å²) in [5, 5.41) is 3.37. The molecular formula is C15H18N2O. The highest BCUT2D eigenvalue weighted by molar-refractivity contribution is 5.68. The summed E-state index contributed by atoms with van der Waals surface area (Å²) in [6.45, 7) is 4.20. The normalized spacial score (nSPS) is 10.2. The number of methoxy groups -OCH3 is 1.